The minimum Gasteiger partial charge on any atom is -0.456 e. The molecule has 0 aliphatic rings. The predicted molar refractivity (Wildman–Crippen MR) is 203 cm³/mol. The molecule has 10 aromatic rings. The highest BCUT2D eigenvalue weighted by atomic mass is 16.3. The number of furan rings is 1. The number of rotatable bonds is 5. The van der Waals surface area contributed by atoms with E-state index in [4.69, 9.17) is 14.4 Å². The maximum absolute atomic E-state index is 6.51. The van der Waals surface area contributed by atoms with E-state index in [0.29, 0.717) is 5.82 Å². The monoisotopic (exact) mass is 624 g/mol. The van der Waals surface area contributed by atoms with Crippen molar-refractivity contribution in [2.45, 2.75) is 0 Å². The van der Waals surface area contributed by atoms with E-state index in [-0.39, 0.29) is 0 Å². The second kappa shape index (κ2) is 11.0. The summed E-state index contributed by atoms with van der Waals surface area (Å²) >= 11 is 0. The summed E-state index contributed by atoms with van der Waals surface area (Å²) in [6, 6.07) is 59.6. The Balaban J connectivity index is 1.20. The topological polar surface area (TPSA) is 38.9 Å². The highest BCUT2D eigenvalue weighted by molar-refractivity contribution is 6.33. The first kappa shape index (κ1) is 27.5. The summed E-state index contributed by atoms with van der Waals surface area (Å²) in [5.74, 6) is 0.701. The zero-order valence-corrected chi connectivity index (χ0v) is 26.5. The van der Waals surface area contributed by atoms with Crippen LogP contribution in [0.25, 0.3) is 99.6 Å². The van der Waals surface area contributed by atoms with Gasteiger partial charge in [0.05, 0.1) is 11.4 Å². The fourth-order valence-corrected chi connectivity index (χ4v) is 7.29. The van der Waals surface area contributed by atoms with Crippen molar-refractivity contribution >= 4 is 43.5 Å². The van der Waals surface area contributed by atoms with Crippen LogP contribution in [0.15, 0.2) is 174 Å². The molecule has 0 aliphatic heterocycles. The smallest absolute Gasteiger partial charge is 0.160 e. The van der Waals surface area contributed by atoms with Crippen LogP contribution in [0.1, 0.15) is 0 Å². The first-order valence-electron chi connectivity index (χ1n) is 16.6. The van der Waals surface area contributed by atoms with Gasteiger partial charge < -0.3 is 4.42 Å². The van der Waals surface area contributed by atoms with E-state index in [0.717, 1.165) is 50.4 Å². The van der Waals surface area contributed by atoms with E-state index in [1.165, 1.54) is 43.4 Å². The normalized spacial score (nSPS) is 11.7. The van der Waals surface area contributed by atoms with Crippen molar-refractivity contribution in [1.82, 2.24) is 9.97 Å². The molecule has 3 nitrogen and oxygen atoms in total. The van der Waals surface area contributed by atoms with Gasteiger partial charge in [-0.3, -0.25) is 0 Å². The van der Waals surface area contributed by atoms with Crippen LogP contribution >= 0.6 is 0 Å². The van der Waals surface area contributed by atoms with E-state index < -0.39 is 0 Å². The molecule has 0 N–H and O–H groups in total. The number of hydrogen-bond acceptors (Lipinski definition) is 3. The highest BCUT2D eigenvalue weighted by Gasteiger charge is 2.20. The first-order valence-corrected chi connectivity index (χ1v) is 16.6. The molecule has 0 amide bonds. The molecule has 3 heteroatoms. The molecule has 0 bridgehead atoms. The zero-order chi connectivity index (χ0) is 32.3. The lowest BCUT2D eigenvalue weighted by molar-refractivity contribution is 0.669. The van der Waals surface area contributed by atoms with Gasteiger partial charge in [-0.15, -0.1) is 0 Å². The molecule has 0 saturated heterocycles. The van der Waals surface area contributed by atoms with Gasteiger partial charge in [-0.2, -0.15) is 0 Å². The van der Waals surface area contributed by atoms with E-state index in [9.17, 15) is 0 Å². The van der Waals surface area contributed by atoms with Crippen molar-refractivity contribution in [2.24, 2.45) is 0 Å². The molecule has 49 heavy (non-hydrogen) atoms. The van der Waals surface area contributed by atoms with Crippen molar-refractivity contribution in [2.75, 3.05) is 0 Å². The third-order valence-corrected chi connectivity index (χ3v) is 9.62. The molecule has 228 valence electrons. The second-order valence-electron chi connectivity index (χ2n) is 12.6. The summed E-state index contributed by atoms with van der Waals surface area (Å²) in [5, 5.41) is 7.10. The minimum atomic E-state index is 0.701. The lowest BCUT2D eigenvalue weighted by Crippen LogP contribution is -1.96. The molecular weight excluding hydrogens is 597 g/mol. The molecule has 8 aromatic carbocycles. The fraction of sp³-hybridized carbons (Fsp3) is 0. The van der Waals surface area contributed by atoms with Crippen molar-refractivity contribution < 1.29 is 4.42 Å². The Morgan fingerprint density at radius 3 is 1.61 bits per heavy atom. The minimum absolute atomic E-state index is 0.701. The van der Waals surface area contributed by atoms with Gasteiger partial charge in [0.1, 0.15) is 11.2 Å². The Hall–Kier alpha value is -6.58. The van der Waals surface area contributed by atoms with Gasteiger partial charge in [0.15, 0.2) is 5.82 Å². The molecule has 0 aliphatic carbocycles. The molecule has 0 spiro atoms. The quantitative estimate of drug-likeness (QED) is 0.179. The van der Waals surface area contributed by atoms with Gasteiger partial charge in [-0.05, 0) is 80.2 Å². The van der Waals surface area contributed by atoms with Crippen LogP contribution in [0.5, 0.6) is 0 Å². The van der Waals surface area contributed by atoms with Crippen molar-refractivity contribution in [3.05, 3.63) is 170 Å². The average molecular weight is 625 g/mol. The number of benzene rings is 8. The van der Waals surface area contributed by atoms with Gasteiger partial charge in [0.25, 0.3) is 0 Å². The summed E-state index contributed by atoms with van der Waals surface area (Å²) in [6.07, 6.45) is 0. The Labute approximate surface area is 283 Å². The SMILES string of the molecule is c1ccc(-c2cccc(-c3cc(-c4ccc5c(c4)c4cccc6oc7cc(-c8ccccc8)cc5c7c64)nc(-c4ccccc4)n3)c2)cc1. The number of fused-ring (bicyclic) bond motifs is 3. The van der Waals surface area contributed by atoms with E-state index >= 15 is 0 Å². The number of hydrogen-bond donors (Lipinski definition) is 0. The fourth-order valence-electron chi connectivity index (χ4n) is 7.29. The Morgan fingerprint density at radius 2 is 0.878 bits per heavy atom. The van der Waals surface area contributed by atoms with Crippen LogP contribution in [-0.2, 0) is 0 Å². The lowest BCUT2D eigenvalue weighted by Gasteiger charge is -2.13. The van der Waals surface area contributed by atoms with E-state index in [1.54, 1.807) is 0 Å². The number of nitrogens with zero attached hydrogens (tertiary/aromatic N) is 2. The van der Waals surface area contributed by atoms with Gasteiger partial charge in [0.2, 0.25) is 0 Å². The largest absolute Gasteiger partial charge is 0.456 e. The lowest BCUT2D eigenvalue weighted by atomic mass is 9.91. The van der Waals surface area contributed by atoms with Crippen molar-refractivity contribution in [1.29, 1.82) is 0 Å². The van der Waals surface area contributed by atoms with Crippen LogP contribution in [0.2, 0.25) is 0 Å². The summed E-state index contributed by atoms with van der Waals surface area (Å²) in [6.45, 7) is 0. The maximum atomic E-state index is 6.51. The standard InChI is InChI=1S/C46H28N2O/c1-4-12-29(13-5-1)32-18-10-19-33(24-32)40-28-41(48-46(47-40)31-16-8-3-9-17-31)34-22-23-36-38(25-34)37-20-11-21-42-44(37)45-39(36)26-35(27-43(45)49-42)30-14-6-2-7-15-30/h1-28H. The van der Waals surface area contributed by atoms with Crippen LogP contribution in [-0.4, -0.2) is 9.97 Å². The third kappa shape index (κ3) is 4.59. The molecule has 10 rings (SSSR count). The third-order valence-electron chi connectivity index (χ3n) is 9.62. The molecule has 2 aromatic heterocycles. The molecule has 0 atom stereocenters. The van der Waals surface area contributed by atoms with Gasteiger partial charge in [-0.25, -0.2) is 9.97 Å². The second-order valence-corrected chi connectivity index (χ2v) is 12.6. The Bertz CT molecular complexity index is 2800. The van der Waals surface area contributed by atoms with Gasteiger partial charge in [-0.1, -0.05) is 133 Å². The van der Waals surface area contributed by atoms with Gasteiger partial charge >= 0.3 is 0 Å². The summed E-state index contributed by atoms with van der Waals surface area (Å²) in [5.41, 5.74) is 11.3. The summed E-state index contributed by atoms with van der Waals surface area (Å²) in [4.78, 5) is 10.3. The predicted octanol–water partition coefficient (Wildman–Crippen LogP) is 12.5. The average Bonchev–Trinajstić information content (AvgIpc) is 3.57. The summed E-state index contributed by atoms with van der Waals surface area (Å²) < 4.78 is 6.51. The summed E-state index contributed by atoms with van der Waals surface area (Å²) in [7, 11) is 0. The van der Waals surface area contributed by atoms with Crippen LogP contribution in [0.3, 0.4) is 0 Å². The first-order chi connectivity index (χ1) is 24.3. The highest BCUT2D eigenvalue weighted by Crippen LogP contribution is 2.45. The molecule has 0 fully saturated rings. The van der Waals surface area contributed by atoms with Crippen LogP contribution < -0.4 is 0 Å². The maximum Gasteiger partial charge on any atom is 0.160 e. The van der Waals surface area contributed by atoms with Crippen LogP contribution in [0, 0.1) is 0 Å². The molecule has 0 radical (unpaired) electrons. The number of aromatic nitrogens is 2. The van der Waals surface area contributed by atoms with E-state index in [1.807, 2.05) is 24.3 Å². The Kier molecular flexibility index (Phi) is 6.18. The molecule has 0 saturated carbocycles. The van der Waals surface area contributed by atoms with Crippen molar-refractivity contribution in [3.63, 3.8) is 0 Å². The van der Waals surface area contributed by atoms with E-state index in [2.05, 4.69) is 146 Å². The van der Waals surface area contributed by atoms with Gasteiger partial charge in [0, 0.05) is 27.5 Å². The Morgan fingerprint density at radius 1 is 0.306 bits per heavy atom. The van der Waals surface area contributed by atoms with Crippen LogP contribution in [0.4, 0.5) is 0 Å². The van der Waals surface area contributed by atoms with Crippen molar-refractivity contribution in [3.8, 4) is 56.2 Å². The molecule has 0 unspecified atom stereocenters. The zero-order valence-electron chi connectivity index (χ0n) is 26.5. The molecular formula is C46H28N2O. The molecule has 2 heterocycles.